The summed E-state index contributed by atoms with van der Waals surface area (Å²) in [7, 11) is 0. The number of esters is 1. The molecular formula is C12H16O3S. The average molecular weight is 240 g/mol. The first-order valence-corrected chi connectivity index (χ1v) is 6.47. The molecule has 0 aromatic carbocycles. The van der Waals surface area contributed by atoms with Crippen LogP contribution >= 0.6 is 11.3 Å². The number of aliphatic hydroxyl groups excluding tert-OH is 1. The van der Waals surface area contributed by atoms with Crippen molar-refractivity contribution in [1.29, 1.82) is 0 Å². The molecule has 1 aliphatic rings. The molecule has 0 aliphatic heterocycles. The largest absolute Gasteiger partial charge is 0.466 e. The average Bonchev–Trinajstić information content (AvgIpc) is 2.62. The molecule has 1 aromatic rings. The molecule has 1 aliphatic carbocycles. The van der Waals surface area contributed by atoms with E-state index in [0.29, 0.717) is 13.0 Å². The van der Waals surface area contributed by atoms with Gasteiger partial charge in [0.2, 0.25) is 0 Å². The van der Waals surface area contributed by atoms with Crippen LogP contribution in [-0.2, 0) is 22.4 Å². The second-order valence-electron chi connectivity index (χ2n) is 3.98. The Labute approximate surface area is 99.1 Å². The maximum Gasteiger partial charge on any atom is 0.311 e. The number of hydrogen-bond donors (Lipinski definition) is 1. The van der Waals surface area contributed by atoms with Gasteiger partial charge in [0.1, 0.15) is 0 Å². The molecule has 0 amide bonds. The van der Waals surface area contributed by atoms with Crippen molar-refractivity contribution < 1.29 is 14.6 Å². The Morgan fingerprint density at radius 3 is 3.19 bits per heavy atom. The molecule has 0 bridgehead atoms. The Hall–Kier alpha value is -0.870. The monoisotopic (exact) mass is 240 g/mol. The number of rotatable bonds is 3. The van der Waals surface area contributed by atoms with Gasteiger partial charge in [0.05, 0.1) is 19.1 Å². The minimum absolute atomic E-state index is 0.185. The summed E-state index contributed by atoms with van der Waals surface area (Å²) in [5, 5.41) is 9.80. The van der Waals surface area contributed by atoms with Crippen LogP contribution in [0.2, 0.25) is 0 Å². The van der Waals surface area contributed by atoms with Gasteiger partial charge < -0.3 is 9.84 Å². The quantitative estimate of drug-likeness (QED) is 0.824. The van der Waals surface area contributed by atoms with E-state index in [1.807, 2.05) is 6.07 Å². The van der Waals surface area contributed by atoms with Gasteiger partial charge in [0, 0.05) is 9.75 Å². The lowest BCUT2D eigenvalue weighted by atomic mass is 9.96. The van der Waals surface area contributed by atoms with Gasteiger partial charge in [0.15, 0.2) is 0 Å². The van der Waals surface area contributed by atoms with Gasteiger partial charge in [-0.15, -0.1) is 11.3 Å². The molecule has 0 saturated heterocycles. The molecule has 1 N–H and O–H groups in total. The van der Waals surface area contributed by atoms with Crippen molar-refractivity contribution in [3.8, 4) is 0 Å². The van der Waals surface area contributed by atoms with Crippen LogP contribution in [0.3, 0.4) is 0 Å². The van der Waals surface area contributed by atoms with E-state index < -0.39 is 0 Å². The normalized spacial score (nSPS) is 19.2. The van der Waals surface area contributed by atoms with Gasteiger partial charge in [-0.3, -0.25) is 4.79 Å². The predicted molar refractivity (Wildman–Crippen MR) is 62.6 cm³/mol. The smallest absolute Gasteiger partial charge is 0.311 e. The fourth-order valence-electron chi connectivity index (χ4n) is 2.03. The summed E-state index contributed by atoms with van der Waals surface area (Å²) in [4.78, 5) is 13.6. The molecule has 4 heteroatoms. The second kappa shape index (κ2) is 4.97. The fraction of sp³-hybridized carbons (Fsp3) is 0.583. The highest BCUT2D eigenvalue weighted by Crippen LogP contribution is 2.35. The minimum Gasteiger partial charge on any atom is -0.466 e. The highest BCUT2D eigenvalue weighted by molar-refractivity contribution is 7.12. The molecule has 1 atom stereocenters. The van der Waals surface area contributed by atoms with E-state index in [2.05, 4.69) is 0 Å². The van der Waals surface area contributed by atoms with E-state index in [9.17, 15) is 9.90 Å². The third kappa shape index (κ3) is 2.44. The number of aryl methyl sites for hydroxylation is 1. The molecule has 1 aromatic heterocycles. The van der Waals surface area contributed by atoms with E-state index in [1.54, 1.807) is 18.3 Å². The molecule has 0 spiro atoms. The van der Waals surface area contributed by atoms with Gasteiger partial charge in [0.25, 0.3) is 0 Å². The third-order valence-corrected chi connectivity index (χ3v) is 3.97. The lowest BCUT2D eigenvalue weighted by molar-refractivity contribution is -0.142. The summed E-state index contributed by atoms with van der Waals surface area (Å²) in [5.41, 5.74) is 1.02. The lowest BCUT2D eigenvalue weighted by Crippen LogP contribution is -2.06. The molecule has 0 radical (unpaired) electrons. The van der Waals surface area contributed by atoms with E-state index >= 15 is 0 Å². The molecular weight excluding hydrogens is 224 g/mol. The van der Waals surface area contributed by atoms with E-state index in [4.69, 9.17) is 4.74 Å². The Morgan fingerprint density at radius 2 is 2.50 bits per heavy atom. The number of fused-ring (bicyclic) bond motifs is 1. The van der Waals surface area contributed by atoms with Crippen molar-refractivity contribution in [3.63, 3.8) is 0 Å². The van der Waals surface area contributed by atoms with Gasteiger partial charge in [-0.1, -0.05) is 0 Å². The zero-order valence-corrected chi connectivity index (χ0v) is 10.2. The van der Waals surface area contributed by atoms with Crippen molar-refractivity contribution in [3.05, 3.63) is 21.4 Å². The van der Waals surface area contributed by atoms with E-state index in [-0.39, 0.29) is 12.1 Å². The number of carbonyl (C=O) groups is 1. The Morgan fingerprint density at radius 1 is 1.69 bits per heavy atom. The Kier molecular flexibility index (Phi) is 3.61. The molecule has 1 unspecified atom stereocenters. The molecule has 88 valence electrons. The lowest BCUT2D eigenvalue weighted by Gasteiger charge is -2.16. The number of hydrogen-bond acceptors (Lipinski definition) is 4. The van der Waals surface area contributed by atoms with Gasteiger partial charge >= 0.3 is 5.97 Å². The van der Waals surface area contributed by atoms with Crippen molar-refractivity contribution in [2.45, 2.75) is 38.7 Å². The number of ether oxygens (including phenoxy) is 1. The van der Waals surface area contributed by atoms with Crippen LogP contribution in [0.5, 0.6) is 0 Å². The standard InChI is InChI=1S/C12H16O3S/c1-2-15-12(14)7-8-6-9-10(13)4-3-5-11(9)16-8/h6,10,13H,2-5,7H2,1H3. The molecule has 1 heterocycles. The first-order valence-electron chi connectivity index (χ1n) is 5.66. The zero-order chi connectivity index (χ0) is 11.5. The molecule has 0 saturated carbocycles. The number of aliphatic hydroxyl groups is 1. The maximum absolute atomic E-state index is 11.3. The van der Waals surface area contributed by atoms with Crippen LogP contribution in [0.4, 0.5) is 0 Å². The summed E-state index contributed by atoms with van der Waals surface area (Å²) in [6.07, 6.45) is 2.89. The molecule has 0 fully saturated rings. The number of carbonyl (C=O) groups excluding carboxylic acids is 1. The van der Waals surface area contributed by atoms with Gasteiger partial charge in [-0.05, 0) is 37.8 Å². The first-order chi connectivity index (χ1) is 7.70. The summed E-state index contributed by atoms with van der Waals surface area (Å²) in [6.45, 7) is 2.23. The third-order valence-electron chi connectivity index (χ3n) is 2.76. The topological polar surface area (TPSA) is 46.5 Å². The van der Waals surface area contributed by atoms with Crippen LogP contribution in [0, 0.1) is 0 Å². The van der Waals surface area contributed by atoms with Crippen LogP contribution in [0.15, 0.2) is 6.07 Å². The second-order valence-corrected chi connectivity index (χ2v) is 5.20. The van der Waals surface area contributed by atoms with Crippen LogP contribution in [-0.4, -0.2) is 17.7 Å². The van der Waals surface area contributed by atoms with Crippen molar-refractivity contribution in [2.24, 2.45) is 0 Å². The molecule has 16 heavy (non-hydrogen) atoms. The van der Waals surface area contributed by atoms with Crippen LogP contribution < -0.4 is 0 Å². The van der Waals surface area contributed by atoms with Crippen LogP contribution in [0.25, 0.3) is 0 Å². The Balaban J connectivity index is 2.09. The van der Waals surface area contributed by atoms with E-state index in [1.165, 1.54) is 4.88 Å². The fourth-order valence-corrected chi connectivity index (χ4v) is 3.28. The summed E-state index contributed by atoms with van der Waals surface area (Å²) < 4.78 is 4.91. The van der Waals surface area contributed by atoms with Crippen molar-refractivity contribution in [2.75, 3.05) is 6.61 Å². The summed E-state index contributed by atoms with van der Waals surface area (Å²) in [5.74, 6) is -0.185. The molecule has 3 nitrogen and oxygen atoms in total. The van der Waals surface area contributed by atoms with Crippen LogP contribution in [0.1, 0.15) is 41.2 Å². The highest BCUT2D eigenvalue weighted by atomic mass is 32.1. The minimum atomic E-state index is -0.337. The highest BCUT2D eigenvalue weighted by Gasteiger charge is 2.21. The summed E-state index contributed by atoms with van der Waals surface area (Å²) in [6, 6.07) is 1.96. The number of thiophene rings is 1. The van der Waals surface area contributed by atoms with E-state index in [0.717, 1.165) is 29.7 Å². The van der Waals surface area contributed by atoms with Crippen molar-refractivity contribution in [1.82, 2.24) is 0 Å². The molecule has 2 rings (SSSR count). The zero-order valence-electron chi connectivity index (χ0n) is 9.36. The van der Waals surface area contributed by atoms with Gasteiger partial charge in [-0.2, -0.15) is 0 Å². The predicted octanol–water partition coefficient (Wildman–Crippen LogP) is 2.22. The Bertz CT molecular complexity index is 384. The first kappa shape index (κ1) is 11.6. The summed E-state index contributed by atoms with van der Waals surface area (Å²) >= 11 is 1.63. The van der Waals surface area contributed by atoms with Gasteiger partial charge in [-0.25, -0.2) is 0 Å². The van der Waals surface area contributed by atoms with Crippen molar-refractivity contribution >= 4 is 17.3 Å². The SMILES string of the molecule is CCOC(=O)Cc1cc2c(s1)CCCC2O. The maximum atomic E-state index is 11.3.